The van der Waals surface area contributed by atoms with Crippen LogP contribution in [0.15, 0.2) is 18.2 Å². The van der Waals surface area contributed by atoms with E-state index in [1.165, 1.54) is 7.11 Å². The van der Waals surface area contributed by atoms with Gasteiger partial charge in [-0.25, -0.2) is 4.39 Å². The maximum Gasteiger partial charge on any atom is 1.00 e. The molecule has 2 nitrogen and oxygen atoms in total. The molecular weight excluding hydrogens is 302 g/mol. The molecule has 1 aromatic rings. The quantitative estimate of drug-likeness (QED) is 0.546. The van der Waals surface area contributed by atoms with Gasteiger partial charge < -0.3 is 22.4 Å². The van der Waals surface area contributed by atoms with Crippen molar-refractivity contribution < 1.29 is 78.2 Å². The summed E-state index contributed by atoms with van der Waals surface area (Å²) in [7, 11) is 1.52. The summed E-state index contributed by atoms with van der Waals surface area (Å²) in [5, 5.41) is 0. The van der Waals surface area contributed by atoms with Crippen LogP contribution in [0, 0.1) is 5.82 Å². The number of benzene rings is 1. The predicted octanol–water partition coefficient (Wildman–Crippen LogP) is 0.0780. The summed E-state index contributed by atoms with van der Waals surface area (Å²) >= 11 is 0. The Hall–Kier alpha value is 0.401. The average molecular weight is 318 g/mol. The van der Waals surface area contributed by atoms with E-state index in [-0.39, 0.29) is 63.7 Å². The van der Waals surface area contributed by atoms with Gasteiger partial charge in [-0.1, -0.05) is 5.46 Å². The van der Waals surface area contributed by atoms with Crippen LogP contribution >= 0.6 is 0 Å². The van der Waals surface area contributed by atoms with E-state index in [0.717, 1.165) is 12.1 Å². The molecule has 0 N–H and O–H groups in total. The molecule has 108 valence electrons. The van der Waals surface area contributed by atoms with Crippen molar-refractivity contribution in [3.8, 4) is 5.75 Å². The van der Waals surface area contributed by atoms with E-state index in [2.05, 4.69) is 0 Å². The first kappa shape index (κ1) is 20.4. The van der Waals surface area contributed by atoms with Gasteiger partial charge >= 0.3 is 58.4 Å². The summed E-state index contributed by atoms with van der Waals surface area (Å²) in [6.07, 6.45) is 0.422. The van der Waals surface area contributed by atoms with E-state index >= 15 is 0 Å². The van der Waals surface area contributed by atoms with Crippen LogP contribution in [0.5, 0.6) is 5.75 Å². The molecule has 0 fully saturated rings. The molecule has 0 atom stereocenters. The fourth-order valence-corrected chi connectivity index (χ4v) is 1.42. The Kier molecular flexibility index (Phi) is 8.31. The van der Waals surface area contributed by atoms with E-state index in [1.54, 1.807) is 13.8 Å². The van der Waals surface area contributed by atoms with Crippen molar-refractivity contribution >= 4 is 12.4 Å². The summed E-state index contributed by atoms with van der Waals surface area (Å²) in [5.74, 6) is -1.28. The molecule has 0 saturated heterocycles. The van der Waals surface area contributed by atoms with Crippen molar-refractivity contribution in [2.75, 3.05) is 13.7 Å². The second-order valence-electron chi connectivity index (χ2n) is 4.82. The number of methoxy groups -OCH3 is 1. The molecule has 0 spiro atoms. The molecule has 0 bridgehead atoms. The molecule has 0 unspecified atom stereocenters. The van der Waals surface area contributed by atoms with Crippen LogP contribution in [0.3, 0.4) is 0 Å². The van der Waals surface area contributed by atoms with Gasteiger partial charge in [0.1, 0.15) is 5.82 Å². The molecule has 0 heterocycles. The molecule has 1 aromatic carbocycles. The Balaban J connectivity index is 0.00000361. The van der Waals surface area contributed by atoms with Gasteiger partial charge in [0.15, 0.2) is 0 Å². The number of hydrogen-bond acceptors (Lipinski definition) is 2. The molecule has 0 aliphatic heterocycles. The Morgan fingerprint density at radius 1 is 1.20 bits per heavy atom. The third-order valence-electron chi connectivity index (χ3n) is 2.84. The maximum absolute atomic E-state index is 12.9. The molecule has 0 radical (unpaired) electrons. The van der Waals surface area contributed by atoms with Crippen molar-refractivity contribution in [1.29, 1.82) is 0 Å². The molecule has 0 amide bonds. The fourth-order valence-electron chi connectivity index (χ4n) is 1.42. The number of ether oxygens (including phenoxy) is 2. The zero-order valence-electron chi connectivity index (χ0n) is 12.1. The van der Waals surface area contributed by atoms with Crippen LogP contribution in [0.1, 0.15) is 20.3 Å². The van der Waals surface area contributed by atoms with Gasteiger partial charge in [-0.2, -0.15) is 0 Å². The Bertz CT molecular complexity index is 438. The maximum atomic E-state index is 12.9. The predicted molar refractivity (Wildman–Crippen MR) is 66.3 cm³/mol. The van der Waals surface area contributed by atoms with Gasteiger partial charge in [-0.15, -0.1) is 0 Å². The van der Waals surface area contributed by atoms with Gasteiger partial charge in [0.25, 0.3) is 0 Å². The largest absolute Gasteiger partial charge is 1.00 e. The first-order valence-electron chi connectivity index (χ1n) is 5.83. The monoisotopic (exact) mass is 318 g/mol. The van der Waals surface area contributed by atoms with Gasteiger partial charge in [0.05, 0.1) is 18.0 Å². The van der Waals surface area contributed by atoms with Crippen molar-refractivity contribution in [2.45, 2.75) is 25.9 Å². The third-order valence-corrected chi connectivity index (χ3v) is 2.84. The van der Waals surface area contributed by atoms with Crippen LogP contribution in [-0.2, 0) is 4.74 Å². The number of hydrogen-bond donors (Lipinski definition) is 0. The summed E-state index contributed by atoms with van der Waals surface area (Å²) < 4.78 is 61.4. The normalized spacial score (nSPS) is 11.9. The molecule has 20 heavy (non-hydrogen) atoms. The SMILES string of the molecule is COC(C)(C)CCOc1ccc(F)cc1[B-](F)(F)F.[K+]. The Morgan fingerprint density at radius 3 is 2.30 bits per heavy atom. The second-order valence-corrected chi connectivity index (χ2v) is 4.82. The molecule has 0 aromatic heterocycles. The molecule has 0 aliphatic rings. The van der Waals surface area contributed by atoms with Crippen LogP contribution in [0.25, 0.3) is 0 Å². The van der Waals surface area contributed by atoms with Gasteiger partial charge in [0, 0.05) is 13.5 Å². The zero-order valence-corrected chi connectivity index (χ0v) is 15.2. The Morgan fingerprint density at radius 2 is 1.80 bits per heavy atom. The van der Waals surface area contributed by atoms with E-state index in [9.17, 15) is 17.3 Å². The average Bonchev–Trinajstić information content (AvgIpc) is 2.29. The summed E-state index contributed by atoms with van der Waals surface area (Å²) in [6.45, 7) is -1.64. The van der Waals surface area contributed by atoms with E-state index in [4.69, 9.17) is 9.47 Å². The molecule has 1 rings (SSSR count). The van der Waals surface area contributed by atoms with Crippen LogP contribution in [0.2, 0.25) is 0 Å². The van der Waals surface area contributed by atoms with E-state index < -0.39 is 23.9 Å². The molecule has 0 saturated carbocycles. The number of halogens is 4. The van der Waals surface area contributed by atoms with Crippen molar-refractivity contribution in [3.63, 3.8) is 0 Å². The van der Waals surface area contributed by atoms with Crippen molar-refractivity contribution in [2.24, 2.45) is 0 Å². The van der Waals surface area contributed by atoms with E-state index in [1.807, 2.05) is 0 Å². The summed E-state index contributed by atoms with van der Waals surface area (Å²) in [5.41, 5.74) is -1.53. The third kappa shape index (κ3) is 6.45. The first-order valence-corrected chi connectivity index (χ1v) is 5.83. The minimum absolute atomic E-state index is 0. The fraction of sp³-hybridized carbons (Fsp3) is 0.500. The summed E-state index contributed by atoms with van der Waals surface area (Å²) in [4.78, 5) is 0. The van der Waals surface area contributed by atoms with Crippen LogP contribution in [-0.4, -0.2) is 26.3 Å². The first-order chi connectivity index (χ1) is 8.65. The van der Waals surface area contributed by atoms with Crippen molar-refractivity contribution in [1.82, 2.24) is 0 Å². The number of rotatable bonds is 6. The summed E-state index contributed by atoms with van der Waals surface area (Å²) in [6, 6.07) is 2.40. The van der Waals surface area contributed by atoms with Gasteiger partial charge in [-0.05, 0) is 32.0 Å². The van der Waals surface area contributed by atoms with Crippen LogP contribution in [0.4, 0.5) is 17.3 Å². The molecule has 8 heteroatoms. The zero-order chi connectivity index (χ0) is 14.7. The van der Waals surface area contributed by atoms with Crippen molar-refractivity contribution in [3.05, 3.63) is 24.0 Å². The van der Waals surface area contributed by atoms with Gasteiger partial charge in [0.2, 0.25) is 0 Å². The standard InChI is InChI=1S/C12H16BF4O2.K/c1-12(2,18-3)6-7-19-11-5-4-9(14)8-10(11)13(15,16)17;/h4-5,8H,6-7H2,1-3H3;/q-1;+1. The second kappa shape index (κ2) is 8.14. The van der Waals surface area contributed by atoms with E-state index in [0.29, 0.717) is 12.5 Å². The smallest absolute Gasteiger partial charge is 0.496 e. The minimum atomic E-state index is -5.30. The van der Waals surface area contributed by atoms with Crippen LogP contribution < -0.4 is 61.6 Å². The molecule has 0 aliphatic carbocycles. The molecular formula is C12H16BF4KO2. The minimum Gasteiger partial charge on any atom is -0.496 e. The Labute approximate surface area is 158 Å². The topological polar surface area (TPSA) is 18.5 Å². The van der Waals surface area contributed by atoms with Gasteiger partial charge in [-0.3, -0.25) is 0 Å².